The van der Waals surface area contributed by atoms with Gasteiger partial charge in [-0.05, 0) is 47.5 Å². The molecule has 3 aromatic carbocycles. The molecule has 1 amide bonds. The van der Waals surface area contributed by atoms with Gasteiger partial charge in [-0.25, -0.2) is 17.2 Å². The fourth-order valence-electron chi connectivity index (χ4n) is 4.09. The summed E-state index contributed by atoms with van der Waals surface area (Å²) < 4.78 is 95.8. The molecule has 206 valence electrons. The lowest BCUT2D eigenvalue weighted by Crippen LogP contribution is -2.48. The van der Waals surface area contributed by atoms with Gasteiger partial charge in [0, 0.05) is 5.75 Å². The zero-order valence-corrected chi connectivity index (χ0v) is 20.9. The first-order valence-corrected chi connectivity index (χ1v) is 12.9. The molecule has 0 aliphatic rings. The van der Waals surface area contributed by atoms with E-state index in [9.17, 15) is 45.4 Å². The molecule has 0 aliphatic carbocycles. The van der Waals surface area contributed by atoms with Crippen molar-refractivity contribution >= 4 is 15.7 Å². The predicted molar refractivity (Wildman–Crippen MR) is 129 cm³/mol. The Kier molecular flexibility index (Phi) is 8.33. The Labute approximate surface area is 220 Å². The number of rotatable bonds is 8. The number of sulfone groups is 1. The van der Waals surface area contributed by atoms with Crippen LogP contribution in [0.5, 0.6) is 5.75 Å². The molecule has 0 radical (unpaired) electrons. The summed E-state index contributed by atoms with van der Waals surface area (Å²) in [5.74, 6) is -5.03. The van der Waals surface area contributed by atoms with E-state index < -0.39 is 84.7 Å². The van der Waals surface area contributed by atoms with E-state index in [1.807, 2.05) is 0 Å². The summed E-state index contributed by atoms with van der Waals surface area (Å²) in [6, 6.07) is 10.4. The highest BCUT2D eigenvalue weighted by atomic mass is 32.2. The predicted octanol–water partition coefficient (Wildman–Crippen LogP) is 4.35. The molecule has 2 unspecified atom stereocenters. The van der Waals surface area contributed by atoms with Crippen molar-refractivity contribution < 1.29 is 45.4 Å². The molecule has 0 heterocycles. The second kappa shape index (κ2) is 11.0. The van der Waals surface area contributed by atoms with Gasteiger partial charge >= 0.3 is 6.18 Å². The summed E-state index contributed by atoms with van der Waals surface area (Å²) in [6.07, 6.45) is -5.08. The SMILES string of the molecule is CCS(=O)(=O)C(c1ccc(C#N)c(C(F)(F)F)c1)C(O)(CNC(=O)c1ccccc1O)c1ccc(F)c(F)c1. The fraction of sp³-hybridized carbons (Fsp3) is 0.231. The van der Waals surface area contributed by atoms with Crippen LogP contribution in [0.2, 0.25) is 0 Å². The Morgan fingerprint density at radius 3 is 2.28 bits per heavy atom. The van der Waals surface area contributed by atoms with E-state index in [0.717, 1.165) is 25.1 Å². The number of carbonyl (C=O) groups excluding carboxylic acids is 1. The van der Waals surface area contributed by atoms with Gasteiger partial charge in [0.05, 0.1) is 29.3 Å². The number of halogens is 5. The van der Waals surface area contributed by atoms with Crippen LogP contribution in [0, 0.1) is 23.0 Å². The van der Waals surface area contributed by atoms with Gasteiger partial charge in [0.15, 0.2) is 21.5 Å². The topological polar surface area (TPSA) is 127 Å². The van der Waals surface area contributed by atoms with E-state index in [4.69, 9.17) is 5.26 Å². The average Bonchev–Trinajstić information content (AvgIpc) is 2.88. The number of aliphatic hydroxyl groups is 1. The second-order valence-electron chi connectivity index (χ2n) is 8.50. The van der Waals surface area contributed by atoms with Gasteiger partial charge in [0.2, 0.25) is 0 Å². The Morgan fingerprint density at radius 1 is 1.05 bits per heavy atom. The van der Waals surface area contributed by atoms with Gasteiger partial charge in [0.1, 0.15) is 16.6 Å². The first-order chi connectivity index (χ1) is 18.2. The van der Waals surface area contributed by atoms with Crippen LogP contribution in [0.4, 0.5) is 22.0 Å². The Balaban J connectivity index is 2.27. The van der Waals surface area contributed by atoms with E-state index in [2.05, 4.69) is 5.32 Å². The van der Waals surface area contributed by atoms with E-state index in [0.29, 0.717) is 18.2 Å². The van der Waals surface area contributed by atoms with E-state index in [1.165, 1.54) is 30.3 Å². The Morgan fingerprint density at radius 2 is 1.72 bits per heavy atom. The molecular formula is C26H21F5N2O5S. The molecule has 3 rings (SSSR count). The molecule has 0 bridgehead atoms. The molecule has 3 N–H and O–H groups in total. The van der Waals surface area contributed by atoms with Crippen LogP contribution in [0.25, 0.3) is 0 Å². The maximum atomic E-state index is 14.2. The molecular weight excluding hydrogens is 547 g/mol. The first kappa shape index (κ1) is 29.5. The van der Waals surface area contributed by atoms with Crippen molar-refractivity contribution in [1.82, 2.24) is 5.32 Å². The van der Waals surface area contributed by atoms with Crippen molar-refractivity contribution in [2.75, 3.05) is 12.3 Å². The monoisotopic (exact) mass is 568 g/mol. The lowest BCUT2D eigenvalue weighted by atomic mass is 9.85. The zero-order chi connectivity index (χ0) is 29.2. The van der Waals surface area contributed by atoms with Crippen LogP contribution in [-0.2, 0) is 21.6 Å². The molecule has 39 heavy (non-hydrogen) atoms. The highest BCUT2D eigenvalue weighted by Gasteiger charge is 2.48. The summed E-state index contributed by atoms with van der Waals surface area (Å²) in [6.45, 7) is 0.138. The Bertz CT molecular complexity index is 1550. The number of phenols is 1. The van der Waals surface area contributed by atoms with Crippen molar-refractivity contribution in [1.29, 1.82) is 5.26 Å². The highest BCUT2D eigenvalue weighted by Crippen LogP contribution is 2.44. The number of carbonyl (C=O) groups is 1. The summed E-state index contributed by atoms with van der Waals surface area (Å²) >= 11 is 0. The van der Waals surface area contributed by atoms with Gasteiger partial charge in [-0.1, -0.05) is 31.2 Å². The molecule has 13 heteroatoms. The number of benzene rings is 3. The maximum Gasteiger partial charge on any atom is 0.417 e. The van der Waals surface area contributed by atoms with Crippen LogP contribution in [0.15, 0.2) is 60.7 Å². The van der Waals surface area contributed by atoms with Gasteiger partial charge in [-0.15, -0.1) is 0 Å². The number of nitrogens with zero attached hydrogens (tertiary/aromatic N) is 1. The minimum Gasteiger partial charge on any atom is -0.507 e. The van der Waals surface area contributed by atoms with E-state index in [-0.39, 0.29) is 5.56 Å². The minimum absolute atomic E-state index is 0.280. The lowest BCUT2D eigenvalue weighted by Gasteiger charge is -2.37. The number of hydrogen-bond acceptors (Lipinski definition) is 6. The Hall–Kier alpha value is -4.02. The number of hydrogen-bond donors (Lipinski definition) is 3. The van der Waals surface area contributed by atoms with Gasteiger partial charge in [-0.2, -0.15) is 18.4 Å². The highest BCUT2D eigenvalue weighted by molar-refractivity contribution is 7.91. The van der Waals surface area contributed by atoms with Crippen molar-refractivity contribution in [2.45, 2.75) is 24.0 Å². The number of nitriles is 1. The molecule has 0 aromatic heterocycles. The maximum absolute atomic E-state index is 14.2. The first-order valence-electron chi connectivity index (χ1n) is 11.2. The molecule has 3 aromatic rings. The second-order valence-corrected chi connectivity index (χ2v) is 10.9. The lowest BCUT2D eigenvalue weighted by molar-refractivity contribution is -0.137. The third kappa shape index (κ3) is 6.02. The van der Waals surface area contributed by atoms with Crippen LogP contribution in [-0.4, -0.2) is 36.8 Å². The van der Waals surface area contributed by atoms with E-state index >= 15 is 0 Å². The summed E-state index contributed by atoms with van der Waals surface area (Å²) in [5, 5.41) is 30.9. The third-order valence-electron chi connectivity index (χ3n) is 6.05. The molecule has 0 spiro atoms. The normalized spacial score (nSPS) is 14.2. The van der Waals surface area contributed by atoms with Gasteiger partial charge in [0.25, 0.3) is 5.91 Å². The summed E-state index contributed by atoms with van der Waals surface area (Å²) in [5.41, 5.74) is -6.63. The average molecular weight is 569 g/mol. The van der Waals surface area contributed by atoms with Crippen molar-refractivity contribution in [2.24, 2.45) is 0 Å². The van der Waals surface area contributed by atoms with E-state index in [1.54, 1.807) is 0 Å². The zero-order valence-electron chi connectivity index (χ0n) is 20.1. The largest absolute Gasteiger partial charge is 0.507 e. The number of amides is 1. The van der Waals surface area contributed by atoms with Crippen LogP contribution < -0.4 is 5.32 Å². The number of nitrogens with one attached hydrogen (secondary N) is 1. The number of para-hydroxylation sites is 1. The molecule has 0 saturated heterocycles. The van der Waals surface area contributed by atoms with Crippen molar-refractivity contribution in [3.05, 3.63) is 100 Å². The molecule has 0 aliphatic heterocycles. The van der Waals surface area contributed by atoms with Gasteiger partial charge < -0.3 is 15.5 Å². The standard InChI is InChI=1S/C26H21F5N2O5S/c1-2-39(37,38)23(15-7-8-16(13-32)19(11-15)26(29,30)31)25(36,17-9-10-20(27)21(28)12-17)14-33-24(35)18-5-3-4-6-22(18)34/h3-12,23,34,36H,2,14H2,1H3,(H,33,35). The van der Waals surface area contributed by atoms with Gasteiger partial charge in [-0.3, -0.25) is 4.79 Å². The molecule has 0 fully saturated rings. The molecule has 2 atom stereocenters. The quantitative estimate of drug-likeness (QED) is 0.347. The number of alkyl halides is 3. The number of aromatic hydroxyl groups is 1. The summed E-state index contributed by atoms with van der Waals surface area (Å²) in [4.78, 5) is 12.8. The van der Waals surface area contributed by atoms with Crippen molar-refractivity contribution in [3.8, 4) is 11.8 Å². The van der Waals surface area contributed by atoms with Crippen LogP contribution in [0.3, 0.4) is 0 Å². The van der Waals surface area contributed by atoms with Crippen molar-refractivity contribution in [3.63, 3.8) is 0 Å². The molecule has 7 nitrogen and oxygen atoms in total. The smallest absolute Gasteiger partial charge is 0.417 e. The third-order valence-corrected chi connectivity index (χ3v) is 8.24. The number of phenolic OH excluding ortho intramolecular Hbond substituents is 1. The fourth-order valence-corrected chi connectivity index (χ4v) is 5.80. The van der Waals surface area contributed by atoms with Crippen LogP contribution >= 0.6 is 0 Å². The summed E-state index contributed by atoms with van der Waals surface area (Å²) in [7, 11) is -4.56. The van der Waals surface area contributed by atoms with Crippen LogP contribution in [0.1, 0.15) is 44.8 Å². The minimum atomic E-state index is -5.08. The molecule has 0 saturated carbocycles.